The van der Waals surface area contributed by atoms with Crippen LogP contribution >= 0.6 is 27.3 Å². The van der Waals surface area contributed by atoms with Gasteiger partial charge in [0.05, 0.1) is 5.56 Å². The molecule has 0 atom stereocenters. The fourth-order valence-electron chi connectivity index (χ4n) is 1.34. The molecule has 1 heterocycles. The van der Waals surface area contributed by atoms with Gasteiger partial charge in [-0.15, -0.1) is 11.3 Å². The average molecular weight is 309 g/mol. The van der Waals surface area contributed by atoms with E-state index in [0.29, 0.717) is 23.6 Å². The average Bonchev–Trinajstić information content (AvgIpc) is 2.73. The number of hydrogen-bond acceptors (Lipinski definition) is 4. The molecule has 0 amide bonds. The maximum atomic E-state index is 8.95. The van der Waals surface area contributed by atoms with Crippen molar-refractivity contribution in [1.29, 1.82) is 5.26 Å². The van der Waals surface area contributed by atoms with Crippen molar-refractivity contribution in [1.82, 2.24) is 0 Å². The Bertz CT molecular complexity index is 574. The van der Waals surface area contributed by atoms with Gasteiger partial charge in [0, 0.05) is 20.4 Å². The van der Waals surface area contributed by atoms with E-state index in [1.807, 2.05) is 11.4 Å². The molecule has 86 valence electrons. The Hall–Kier alpha value is -1.51. The van der Waals surface area contributed by atoms with Crippen molar-refractivity contribution in [2.75, 3.05) is 5.73 Å². The predicted molar refractivity (Wildman–Crippen MR) is 71.9 cm³/mol. The normalized spacial score (nSPS) is 9.88. The molecule has 2 rings (SSSR count). The minimum atomic E-state index is 0.453. The molecule has 1 aromatic carbocycles. The van der Waals surface area contributed by atoms with Crippen LogP contribution in [0.15, 0.2) is 34.1 Å². The summed E-state index contributed by atoms with van der Waals surface area (Å²) in [6, 6.07) is 9.11. The Labute approximate surface area is 112 Å². The van der Waals surface area contributed by atoms with E-state index in [1.54, 1.807) is 29.5 Å². The van der Waals surface area contributed by atoms with E-state index in [4.69, 9.17) is 15.7 Å². The lowest BCUT2D eigenvalue weighted by Crippen LogP contribution is -1.96. The number of thiophene rings is 1. The first-order chi connectivity index (χ1) is 8.19. The van der Waals surface area contributed by atoms with Crippen LogP contribution < -0.4 is 10.5 Å². The van der Waals surface area contributed by atoms with Gasteiger partial charge < -0.3 is 10.5 Å². The van der Waals surface area contributed by atoms with Gasteiger partial charge in [-0.2, -0.15) is 5.26 Å². The quantitative estimate of drug-likeness (QED) is 0.882. The van der Waals surface area contributed by atoms with E-state index in [9.17, 15) is 0 Å². The van der Waals surface area contributed by atoms with Crippen molar-refractivity contribution in [3.8, 4) is 11.8 Å². The Morgan fingerprint density at radius 1 is 1.41 bits per heavy atom. The molecule has 17 heavy (non-hydrogen) atoms. The molecule has 0 radical (unpaired) electrons. The second-order valence-electron chi connectivity index (χ2n) is 3.39. The summed E-state index contributed by atoms with van der Waals surface area (Å²) in [5.41, 5.74) is 6.62. The van der Waals surface area contributed by atoms with Crippen molar-refractivity contribution >= 4 is 33.0 Å². The molecule has 0 bridgehead atoms. The van der Waals surface area contributed by atoms with Crippen LogP contribution in [0.5, 0.6) is 5.75 Å². The van der Waals surface area contributed by atoms with E-state index in [-0.39, 0.29) is 0 Å². The van der Waals surface area contributed by atoms with E-state index in [1.165, 1.54) is 0 Å². The molecular weight excluding hydrogens is 300 g/mol. The van der Waals surface area contributed by atoms with Crippen molar-refractivity contribution in [3.05, 3.63) is 44.6 Å². The summed E-state index contributed by atoms with van der Waals surface area (Å²) in [6.07, 6.45) is 0. The number of nitrogens with two attached hydrogens (primary N) is 1. The molecule has 0 aliphatic carbocycles. The number of hydrogen-bond donors (Lipinski definition) is 1. The number of anilines is 1. The second-order valence-corrected chi connectivity index (χ2v) is 5.30. The molecule has 0 aliphatic heterocycles. The summed E-state index contributed by atoms with van der Waals surface area (Å²) >= 11 is 4.99. The number of rotatable bonds is 3. The summed E-state index contributed by atoms with van der Waals surface area (Å²) < 4.78 is 6.63. The molecule has 5 heteroatoms. The van der Waals surface area contributed by atoms with Gasteiger partial charge in [-0.05, 0) is 40.2 Å². The molecule has 0 spiro atoms. The zero-order chi connectivity index (χ0) is 12.3. The Balaban J connectivity index is 2.12. The van der Waals surface area contributed by atoms with E-state index in [0.717, 1.165) is 9.35 Å². The zero-order valence-electron chi connectivity index (χ0n) is 8.81. The first-order valence-corrected chi connectivity index (χ1v) is 6.51. The number of benzene rings is 1. The van der Waals surface area contributed by atoms with Gasteiger partial charge >= 0.3 is 0 Å². The molecule has 3 nitrogen and oxygen atoms in total. The lowest BCUT2D eigenvalue weighted by molar-refractivity contribution is 0.309. The Kier molecular flexibility index (Phi) is 3.67. The Morgan fingerprint density at radius 3 is 2.88 bits per heavy atom. The number of nitrogens with zero attached hydrogens (tertiary/aromatic N) is 1. The summed E-state index contributed by atoms with van der Waals surface area (Å²) in [6.45, 7) is 0.453. The highest BCUT2D eigenvalue weighted by Gasteiger charge is 2.05. The minimum Gasteiger partial charge on any atom is -0.487 e. The van der Waals surface area contributed by atoms with Gasteiger partial charge in [-0.1, -0.05) is 0 Å². The van der Waals surface area contributed by atoms with Gasteiger partial charge in [0.25, 0.3) is 0 Å². The predicted octanol–water partition coefficient (Wildman–Crippen LogP) is 3.54. The fraction of sp³-hybridized carbons (Fsp3) is 0.0833. The van der Waals surface area contributed by atoms with Crippen molar-refractivity contribution in [3.63, 3.8) is 0 Å². The topological polar surface area (TPSA) is 59.0 Å². The maximum absolute atomic E-state index is 8.95. The molecule has 0 aliphatic rings. The first kappa shape index (κ1) is 12.0. The van der Waals surface area contributed by atoms with Gasteiger partial charge in [0.1, 0.15) is 18.4 Å². The standard InChI is InChI=1S/C12H9BrN2OS/c13-9-4-11(17-7-9)6-16-12-2-1-10(15)3-8(12)5-14/h1-4,7H,6,15H2. The van der Waals surface area contributed by atoms with Crippen molar-refractivity contribution < 1.29 is 4.74 Å². The Morgan fingerprint density at radius 2 is 2.24 bits per heavy atom. The van der Waals surface area contributed by atoms with Gasteiger partial charge in [-0.3, -0.25) is 0 Å². The third-order valence-corrected chi connectivity index (χ3v) is 3.79. The monoisotopic (exact) mass is 308 g/mol. The lowest BCUT2D eigenvalue weighted by atomic mass is 10.2. The highest BCUT2D eigenvalue weighted by Crippen LogP contribution is 2.24. The van der Waals surface area contributed by atoms with Crippen LogP contribution in [0.2, 0.25) is 0 Å². The summed E-state index contributed by atoms with van der Waals surface area (Å²) in [5.74, 6) is 0.561. The number of nitrogen functional groups attached to an aromatic ring is 1. The van der Waals surface area contributed by atoms with Crippen molar-refractivity contribution in [2.45, 2.75) is 6.61 Å². The largest absolute Gasteiger partial charge is 0.487 e. The van der Waals surface area contributed by atoms with Crippen molar-refractivity contribution in [2.24, 2.45) is 0 Å². The third kappa shape index (κ3) is 2.99. The van der Waals surface area contributed by atoms with Gasteiger partial charge in [0.2, 0.25) is 0 Å². The molecule has 0 saturated heterocycles. The number of ether oxygens (including phenoxy) is 1. The smallest absolute Gasteiger partial charge is 0.137 e. The van der Waals surface area contributed by atoms with Crippen LogP contribution in [-0.2, 0) is 6.61 Å². The molecule has 2 aromatic rings. The highest BCUT2D eigenvalue weighted by atomic mass is 79.9. The summed E-state index contributed by atoms with van der Waals surface area (Å²) in [7, 11) is 0. The maximum Gasteiger partial charge on any atom is 0.137 e. The van der Waals surface area contributed by atoms with Crippen LogP contribution in [0.4, 0.5) is 5.69 Å². The SMILES string of the molecule is N#Cc1cc(N)ccc1OCc1cc(Br)cs1. The zero-order valence-corrected chi connectivity index (χ0v) is 11.2. The fourth-order valence-corrected chi connectivity index (χ4v) is 2.70. The van der Waals surface area contributed by atoms with E-state index in [2.05, 4.69) is 22.0 Å². The summed E-state index contributed by atoms with van der Waals surface area (Å²) in [4.78, 5) is 1.09. The lowest BCUT2D eigenvalue weighted by Gasteiger charge is -2.06. The van der Waals surface area contributed by atoms with Crippen LogP contribution in [-0.4, -0.2) is 0 Å². The van der Waals surface area contributed by atoms with E-state index < -0.39 is 0 Å². The highest BCUT2D eigenvalue weighted by molar-refractivity contribution is 9.10. The van der Waals surface area contributed by atoms with Gasteiger partial charge in [0.15, 0.2) is 0 Å². The minimum absolute atomic E-state index is 0.453. The van der Waals surface area contributed by atoms with Crippen LogP contribution in [0.3, 0.4) is 0 Å². The summed E-state index contributed by atoms with van der Waals surface area (Å²) in [5, 5.41) is 10.9. The first-order valence-electron chi connectivity index (χ1n) is 4.84. The van der Waals surface area contributed by atoms with Crippen LogP contribution in [0.1, 0.15) is 10.4 Å². The van der Waals surface area contributed by atoms with Crippen LogP contribution in [0, 0.1) is 11.3 Å². The molecule has 0 fully saturated rings. The molecule has 0 saturated carbocycles. The molecule has 2 N–H and O–H groups in total. The van der Waals surface area contributed by atoms with Gasteiger partial charge in [-0.25, -0.2) is 0 Å². The second kappa shape index (κ2) is 5.21. The van der Waals surface area contributed by atoms with E-state index >= 15 is 0 Å². The molecule has 0 unspecified atom stereocenters. The third-order valence-electron chi connectivity index (χ3n) is 2.12. The molecule has 1 aromatic heterocycles. The molecular formula is C12H9BrN2OS. The number of nitriles is 1. The van der Waals surface area contributed by atoms with Crippen LogP contribution in [0.25, 0.3) is 0 Å². The number of halogens is 1.